The Hall–Kier alpha value is -2.99. The maximum Gasteiger partial charge on any atom is 0.220 e. The van der Waals surface area contributed by atoms with E-state index in [0.717, 1.165) is 28.0 Å². The minimum atomic E-state index is -0.00597. The van der Waals surface area contributed by atoms with Gasteiger partial charge in [0.1, 0.15) is 4.64 Å². The highest BCUT2D eigenvalue weighted by atomic mass is 32.1. The highest BCUT2D eigenvalue weighted by Crippen LogP contribution is 2.24. The summed E-state index contributed by atoms with van der Waals surface area (Å²) in [6.07, 6.45) is 5.74. The molecule has 116 valence electrons. The molecule has 0 aliphatic rings. The van der Waals surface area contributed by atoms with Crippen LogP contribution in [0.1, 0.15) is 5.56 Å². The fraction of sp³-hybridized carbons (Fsp3) is 0.0556. The molecule has 0 N–H and O–H groups in total. The largest absolute Gasteiger partial charge is 0.324 e. The van der Waals surface area contributed by atoms with E-state index in [-0.39, 0.29) is 5.43 Å². The van der Waals surface area contributed by atoms with E-state index in [1.165, 1.54) is 0 Å². The molecule has 0 unspecified atom stereocenters. The zero-order valence-electron chi connectivity index (χ0n) is 12.8. The lowest BCUT2D eigenvalue weighted by Crippen LogP contribution is -2.05. The van der Waals surface area contributed by atoms with Gasteiger partial charge in [0.25, 0.3) is 0 Å². The predicted molar refractivity (Wildman–Crippen MR) is 96.0 cm³/mol. The van der Waals surface area contributed by atoms with Gasteiger partial charge in [-0.25, -0.2) is 4.98 Å². The molecule has 5 aromatic rings. The van der Waals surface area contributed by atoms with Crippen LogP contribution >= 0.6 is 12.2 Å². The number of aryl methyl sites for hydroxylation is 1. The fourth-order valence-electron chi connectivity index (χ4n) is 3.26. The molecule has 0 atom stereocenters. The van der Waals surface area contributed by atoms with Crippen molar-refractivity contribution < 1.29 is 0 Å². The second-order valence-electron chi connectivity index (χ2n) is 5.84. The standard InChI is InChI=1S/C18H12N4OS/c1-11-15(23)6-9-21-16(11)17(24)22-14-5-4-12(20-7-2-3-8-20)10-13(14)19-18(21)22/h2-10H,1H3. The quantitative estimate of drug-likeness (QED) is 0.442. The van der Waals surface area contributed by atoms with Crippen molar-refractivity contribution in [1.29, 1.82) is 0 Å². The van der Waals surface area contributed by atoms with Crippen molar-refractivity contribution >= 4 is 34.5 Å². The summed E-state index contributed by atoms with van der Waals surface area (Å²) in [5, 5.41) is 0. The molecular weight excluding hydrogens is 320 g/mol. The third-order valence-electron chi connectivity index (χ3n) is 4.48. The van der Waals surface area contributed by atoms with Crippen molar-refractivity contribution in [2.24, 2.45) is 0 Å². The lowest BCUT2D eigenvalue weighted by molar-refractivity contribution is 1.08. The first-order valence-corrected chi connectivity index (χ1v) is 7.99. The van der Waals surface area contributed by atoms with Crippen molar-refractivity contribution in [3.8, 4) is 5.69 Å². The van der Waals surface area contributed by atoms with Crippen LogP contribution in [-0.4, -0.2) is 18.4 Å². The molecule has 4 aromatic heterocycles. The molecule has 0 amide bonds. The van der Waals surface area contributed by atoms with Gasteiger partial charge in [0.15, 0.2) is 5.43 Å². The molecular formula is C18H12N4OS. The second-order valence-corrected chi connectivity index (χ2v) is 6.23. The zero-order valence-corrected chi connectivity index (χ0v) is 13.6. The number of hydrogen-bond acceptors (Lipinski definition) is 3. The molecule has 5 nitrogen and oxygen atoms in total. The van der Waals surface area contributed by atoms with Gasteiger partial charge in [-0.3, -0.25) is 13.6 Å². The van der Waals surface area contributed by atoms with Crippen molar-refractivity contribution in [2.45, 2.75) is 6.92 Å². The van der Waals surface area contributed by atoms with Crippen LogP contribution in [0.5, 0.6) is 0 Å². The molecule has 1 aromatic carbocycles. The van der Waals surface area contributed by atoms with Crippen LogP contribution < -0.4 is 5.43 Å². The highest BCUT2D eigenvalue weighted by Gasteiger charge is 2.15. The Labute approximate surface area is 141 Å². The number of fused-ring (bicyclic) bond motifs is 5. The monoisotopic (exact) mass is 332 g/mol. The Balaban J connectivity index is 1.93. The van der Waals surface area contributed by atoms with E-state index in [2.05, 4.69) is 0 Å². The molecule has 0 bridgehead atoms. The Morgan fingerprint density at radius 2 is 1.88 bits per heavy atom. The summed E-state index contributed by atoms with van der Waals surface area (Å²) >= 11 is 5.63. The molecule has 4 heterocycles. The van der Waals surface area contributed by atoms with Gasteiger partial charge in [-0.2, -0.15) is 0 Å². The summed E-state index contributed by atoms with van der Waals surface area (Å²) in [5.74, 6) is 0.734. The van der Waals surface area contributed by atoms with Crippen molar-refractivity contribution in [2.75, 3.05) is 0 Å². The summed E-state index contributed by atoms with van der Waals surface area (Å²) in [4.78, 5) is 16.7. The van der Waals surface area contributed by atoms with Crippen molar-refractivity contribution in [3.63, 3.8) is 0 Å². The molecule has 0 aliphatic carbocycles. The summed E-state index contributed by atoms with van der Waals surface area (Å²) in [5.41, 5.74) is 4.28. The van der Waals surface area contributed by atoms with Gasteiger partial charge >= 0.3 is 0 Å². The minimum absolute atomic E-state index is 0.00597. The maximum atomic E-state index is 11.9. The van der Waals surface area contributed by atoms with Gasteiger partial charge in [0, 0.05) is 35.9 Å². The van der Waals surface area contributed by atoms with Gasteiger partial charge < -0.3 is 4.57 Å². The number of nitrogens with zero attached hydrogens (tertiary/aromatic N) is 4. The first kappa shape index (κ1) is 13.4. The van der Waals surface area contributed by atoms with Crippen LogP contribution in [0.25, 0.3) is 28.0 Å². The van der Waals surface area contributed by atoms with Crippen molar-refractivity contribution in [1.82, 2.24) is 18.4 Å². The molecule has 0 fully saturated rings. The van der Waals surface area contributed by atoms with Crippen LogP contribution in [-0.2, 0) is 0 Å². The summed E-state index contributed by atoms with van der Waals surface area (Å²) in [7, 11) is 0. The van der Waals surface area contributed by atoms with Crippen LogP contribution in [0, 0.1) is 11.6 Å². The van der Waals surface area contributed by atoms with Crippen LogP contribution in [0.15, 0.2) is 59.8 Å². The third-order valence-corrected chi connectivity index (χ3v) is 4.86. The molecule has 6 heteroatoms. The van der Waals surface area contributed by atoms with E-state index >= 15 is 0 Å². The zero-order chi connectivity index (χ0) is 16.4. The van der Waals surface area contributed by atoms with Crippen LogP contribution in [0.3, 0.4) is 0 Å². The van der Waals surface area contributed by atoms with E-state index < -0.39 is 0 Å². The SMILES string of the molecule is Cc1c(=O)ccn2c1c(=S)n1c3ccc(-n4cccc4)cc3nc21. The highest BCUT2D eigenvalue weighted by molar-refractivity contribution is 7.71. The van der Waals surface area contributed by atoms with E-state index in [0.29, 0.717) is 10.2 Å². The van der Waals surface area contributed by atoms with E-state index in [1.54, 1.807) is 19.2 Å². The first-order valence-electron chi connectivity index (χ1n) is 7.58. The van der Waals surface area contributed by atoms with Crippen LogP contribution in [0.4, 0.5) is 0 Å². The fourth-order valence-corrected chi connectivity index (χ4v) is 3.69. The predicted octanol–water partition coefficient (Wildman–Crippen LogP) is 3.37. The molecule has 0 saturated carbocycles. The second kappa shape index (κ2) is 4.52. The topological polar surface area (TPSA) is 43.7 Å². The van der Waals surface area contributed by atoms with E-state index in [4.69, 9.17) is 17.2 Å². The minimum Gasteiger partial charge on any atom is -0.324 e. The number of rotatable bonds is 1. The van der Waals surface area contributed by atoms with Gasteiger partial charge in [-0.15, -0.1) is 0 Å². The maximum absolute atomic E-state index is 11.9. The molecule has 0 spiro atoms. The molecule has 0 saturated heterocycles. The third kappa shape index (κ3) is 1.60. The number of aromatic nitrogens is 4. The van der Waals surface area contributed by atoms with E-state index in [1.807, 2.05) is 56.1 Å². The van der Waals surface area contributed by atoms with Gasteiger partial charge in [-0.05, 0) is 37.3 Å². The summed E-state index contributed by atoms with van der Waals surface area (Å²) < 4.78 is 6.49. The molecule has 5 rings (SSSR count). The number of benzene rings is 1. The number of imidazole rings is 2. The number of hydrogen-bond donors (Lipinski definition) is 0. The average Bonchev–Trinajstić information content (AvgIpc) is 3.27. The smallest absolute Gasteiger partial charge is 0.220 e. The van der Waals surface area contributed by atoms with Gasteiger partial charge in [0.05, 0.1) is 16.6 Å². The average molecular weight is 332 g/mol. The molecule has 0 aliphatic heterocycles. The lowest BCUT2D eigenvalue weighted by Gasteiger charge is -2.02. The number of pyridine rings is 1. The Kier molecular flexibility index (Phi) is 2.53. The Morgan fingerprint density at radius 3 is 2.67 bits per heavy atom. The Bertz CT molecular complexity index is 1350. The van der Waals surface area contributed by atoms with Crippen LogP contribution in [0.2, 0.25) is 0 Å². The van der Waals surface area contributed by atoms with Gasteiger partial charge in [-0.1, -0.05) is 12.2 Å². The van der Waals surface area contributed by atoms with Crippen molar-refractivity contribution in [3.05, 3.63) is 75.4 Å². The normalized spacial score (nSPS) is 11.9. The Morgan fingerprint density at radius 1 is 1.08 bits per heavy atom. The summed E-state index contributed by atoms with van der Waals surface area (Å²) in [6, 6.07) is 11.6. The first-order chi connectivity index (χ1) is 11.6. The molecule has 24 heavy (non-hydrogen) atoms. The lowest BCUT2D eigenvalue weighted by atomic mass is 10.2. The van der Waals surface area contributed by atoms with Gasteiger partial charge in [0.2, 0.25) is 5.78 Å². The van der Waals surface area contributed by atoms with E-state index in [9.17, 15) is 4.79 Å². The summed E-state index contributed by atoms with van der Waals surface area (Å²) in [6.45, 7) is 1.80. The molecule has 0 radical (unpaired) electrons.